The van der Waals surface area contributed by atoms with Crippen LogP contribution < -0.4 is 5.32 Å². The molecule has 98 valence electrons. The molecule has 1 N–H and O–H groups in total. The lowest BCUT2D eigenvalue weighted by Gasteiger charge is -2.33. The van der Waals surface area contributed by atoms with Crippen LogP contribution in [-0.2, 0) is 4.79 Å². The van der Waals surface area contributed by atoms with Gasteiger partial charge >= 0.3 is 0 Å². The molecule has 1 aromatic carbocycles. The van der Waals surface area contributed by atoms with Gasteiger partial charge in [-0.05, 0) is 53.1 Å². The van der Waals surface area contributed by atoms with Crippen LogP contribution in [0.5, 0.6) is 0 Å². The van der Waals surface area contributed by atoms with Gasteiger partial charge in [-0.25, -0.2) is 0 Å². The van der Waals surface area contributed by atoms with Gasteiger partial charge in [0.15, 0.2) is 0 Å². The molecule has 4 heteroatoms. The second-order valence-corrected chi connectivity index (χ2v) is 6.36. The van der Waals surface area contributed by atoms with Crippen molar-refractivity contribution in [2.75, 3.05) is 13.2 Å². The summed E-state index contributed by atoms with van der Waals surface area (Å²) in [6.07, 6.45) is 0. The summed E-state index contributed by atoms with van der Waals surface area (Å²) in [6.45, 7) is 3.88. The highest BCUT2D eigenvalue weighted by Gasteiger charge is 2.50. The molecule has 0 saturated carbocycles. The number of rotatable bonds is 3. The van der Waals surface area contributed by atoms with Crippen molar-refractivity contribution in [3.05, 3.63) is 33.4 Å². The molecule has 1 aliphatic rings. The van der Waals surface area contributed by atoms with E-state index in [-0.39, 0.29) is 17.7 Å². The number of carbonyl (C=O) groups excluding carboxylic acids is 1. The third kappa shape index (κ3) is 2.15. The van der Waals surface area contributed by atoms with Crippen LogP contribution in [0, 0.1) is 14.9 Å². The number of hydrogen-bond donors (Lipinski definition) is 1. The van der Waals surface area contributed by atoms with E-state index < -0.39 is 12.1 Å². The van der Waals surface area contributed by atoms with E-state index in [4.69, 9.17) is 0 Å². The predicted molar refractivity (Wildman–Crippen MR) is 78.2 cm³/mol. The van der Waals surface area contributed by atoms with E-state index >= 15 is 0 Å². The van der Waals surface area contributed by atoms with Gasteiger partial charge in [0, 0.05) is 16.0 Å². The van der Waals surface area contributed by atoms with E-state index in [0.717, 1.165) is 9.13 Å². The summed E-state index contributed by atoms with van der Waals surface area (Å²) < 4.78 is 14.3. The summed E-state index contributed by atoms with van der Waals surface area (Å²) in [5.74, 6) is -0.256. The van der Waals surface area contributed by atoms with Gasteiger partial charge in [0.05, 0.1) is 12.1 Å². The first-order valence-electron chi connectivity index (χ1n) is 6.10. The Hall–Kier alpha value is -0.650. The van der Waals surface area contributed by atoms with Gasteiger partial charge in [0.1, 0.15) is 0 Å². The Labute approximate surface area is 120 Å². The molecular weight excluding hydrogens is 344 g/mol. The highest BCUT2D eigenvalue weighted by atomic mass is 127. The summed E-state index contributed by atoms with van der Waals surface area (Å²) in [6, 6.07) is 8.09. The van der Waals surface area contributed by atoms with Crippen molar-refractivity contribution in [3.8, 4) is 0 Å². The highest BCUT2D eigenvalue weighted by molar-refractivity contribution is 14.1. The van der Waals surface area contributed by atoms with Crippen LogP contribution in [0.1, 0.15) is 25.3 Å². The number of amides is 1. The third-order valence-electron chi connectivity index (χ3n) is 4.30. The van der Waals surface area contributed by atoms with E-state index in [2.05, 4.69) is 27.9 Å². The van der Waals surface area contributed by atoms with E-state index in [1.807, 2.05) is 38.1 Å². The summed E-state index contributed by atoms with van der Waals surface area (Å²) in [5.41, 5.74) is 0.440. The van der Waals surface area contributed by atoms with Crippen molar-refractivity contribution in [3.63, 3.8) is 0 Å². The van der Waals surface area contributed by atoms with E-state index in [1.54, 1.807) is 0 Å². The lowest BCUT2D eigenvalue weighted by molar-refractivity contribution is -0.129. The molecule has 0 aliphatic carbocycles. The number of carbonyl (C=O) groups is 1. The van der Waals surface area contributed by atoms with Gasteiger partial charge in [-0.1, -0.05) is 19.1 Å². The van der Waals surface area contributed by atoms with Crippen molar-refractivity contribution in [2.45, 2.75) is 19.8 Å². The van der Waals surface area contributed by atoms with Crippen molar-refractivity contribution >= 4 is 28.5 Å². The maximum Gasteiger partial charge on any atom is 0.227 e. The molecule has 18 heavy (non-hydrogen) atoms. The quantitative estimate of drug-likeness (QED) is 0.824. The molecule has 1 fully saturated rings. The van der Waals surface area contributed by atoms with Crippen LogP contribution in [0.25, 0.3) is 0 Å². The summed E-state index contributed by atoms with van der Waals surface area (Å²) >= 11 is 2.25. The molecule has 0 radical (unpaired) electrons. The fourth-order valence-corrected chi connectivity index (χ4v) is 3.03. The number of halogens is 2. The van der Waals surface area contributed by atoms with E-state index in [1.165, 1.54) is 0 Å². The minimum Gasteiger partial charge on any atom is -0.355 e. The molecule has 1 amide bonds. The van der Waals surface area contributed by atoms with Gasteiger partial charge in [-0.2, -0.15) is 0 Å². The molecule has 1 aromatic rings. The average molecular weight is 361 g/mol. The van der Waals surface area contributed by atoms with Gasteiger partial charge in [0.25, 0.3) is 0 Å². The van der Waals surface area contributed by atoms with Crippen LogP contribution in [0.15, 0.2) is 24.3 Å². The second kappa shape index (κ2) is 5.15. The Morgan fingerprint density at radius 1 is 1.50 bits per heavy atom. The average Bonchev–Trinajstić information content (AvgIpc) is 2.67. The molecule has 0 aromatic heterocycles. The Kier molecular flexibility index (Phi) is 3.94. The third-order valence-corrected chi connectivity index (χ3v) is 5.02. The SMILES string of the molecule is C[C@H](c1ccc(I)cc1)[C@@]1(C)C(=O)NC[C@@H]1CF. The van der Waals surface area contributed by atoms with Crippen LogP contribution in [-0.4, -0.2) is 19.1 Å². The van der Waals surface area contributed by atoms with Gasteiger partial charge in [0.2, 0.25) is 5.91 Å². The Bertz CT molecular complexity index is 448. The predicted octanol–water partition coefficient (Wildman–Crippen LogP) is 3.12. The molecule has 2 rings (SSSR count). The lowest BCUT2D eigenvalue weighted by atomic mass is 9.68. The van der Waals surface area contributed by atoms with Gasteiger partial charge < -0.3 is 5.32 Å². The highest BCUT2D eigenvalue weighted by Crippen LogP contribution is 2.45. The van der Waals surface area contributed by atoms with Crippen molar-refractivity contribution < 1.29 is 9.18 Å². The first-order chi connectivity index (χ1) is 8.50. The number of benzene rings is 1. The molecule has 1 heterocycles. The molecule has 0 bridgehead atoms. The maximum absolute atomic E-state index is 13.1. The number of hydrogen-bond acceptors (Lipinski definition) is 1. The first-order valence-corrected chi connectivity index (χ1v) is 7.17. The largest absolute Gasteiger partial charge is 0.355 e. The number of nitrogens with one attached hydrogen (secondary N) is 1. The van der Waals surface area contributed by atoms with Crippen LogP contribution >= 0.6 is 22.6 Å². The fourth-order valence-electron chi connectivity index (χ4n) is 2.67. The zero-order valence-electron chi connectivity index (χ0n) is 10.5. The monoisotopic (exact) mass is 361 g/mol. The van der Waals surface area contributed by atoms with Crippen molar-refractivity contribution in [1.82, 2.24) is 5.32 Å². The molecular formula is C14H17FINO. The normalized spacial score (nSPS) is 29.1. The molecule has 2 nitrogen and oxygen atoms in total. The second-order valence-electron chi connectivity index (χ2n) is 5.12. The summed E-state index contributed by atoms with van der Waals surface area (Å²) in [7, 11) is 0. The maximum atomic E-state index is 13.1. The first kappa shape index (κ1) is 13.8. The Morgan fingerprint density at radius 2 is 2.11 bits per heavy atom. The lowest BCUT2D eigenvalue weighted by Crippen LogP contribution is -2.37. The van der Waals surface area contributed by atoms with Gasteiger partial charge in [-0.3, -0.25) is 9.18 Å². The minimum absolute atomic E-state index is 0.0118. The minimum atomic E-state index is -0.651. The topological polar surface area (TPSA) is 29.1 Å². The molecule has 3 atom stereocenters. The standard InChI is InChI=1S/C14H17FINO/c1-9(10-3-5-12(16)6-4-10)14(2)11(7-15)8-17-13(14)18/h3-6,9,11H,7-8H2,1-2H3,(H,17,18)/t9-,11+,14-/m1/s1. The molecule has 1 aliphatic heterocycles. The number of alkyl halides is 1. The van der Waals surface area contributed by atoms with Crippen LogP contribution in [0.2, 0.25) is 0 Å². The zero-order valence-corrected chi connectivity index (χ0v) is 12.7. The Balaban J connectivity index is 2.33. The molecule has 0 spiro atoms. The van der Waals surface area contributed by atoms with Crippen LogP contribution in [0.4, 0.5) is 4.39 Å². The fraction of sp³-hybridized carbons (Fsp3) is 0.500. The van der Waals surface area contributed by atoms with E-state index in [9.17, 15) is 9.18 Å². The smallest absolute Gasteiger partial charge is 0.227 e. The van der Waals surface area contributed by atoms with Crippen LogP contribution in [0.3, 0.4) is 0 Å². The zero-order chi connectivity index (χ0) is 13.3. The Morgan fingerprint density at radius 3 is 2.67 bits per heavy atom. The van der Waals surface area contributed by atoms with Crippen molar-refractivity contribution in [2.24, 2.45) is 11.3 Å². The summed E-state index contributed by atoms with van der Waals surface area (Å²) in [5, 5.41) is 2.79. The van der Waals surface area contributed by atoms with Crippen molar-refractivity contribution in [1.29, 1.82) is 0 Å². The molecule has 0 unspecified atom stereocenters. The molecule has 1 saturated heterocycles. The van der Waals surface area contributed by atoms with Gasteiger partial charge in [-0.15, -0.1) is 0 Å². The van der Waals surface area contributed by atoms with E-state index in [0.29, 0.717) is 6.54 Å². The summed E-state index contributed by atoms with van der Waals surface area (Å²) in [4.78, 5) is 12.1.